The van der Waals surface area contributed by atoms with Crippen LogP contribution in [0.2, 0.25) is 0 Å². The molecular formula is C13H19N3O3S. The molecule has 0 saturated carbocycles. The average Bonchev–Trinajstić information content (AvgIpc) is 2.86. The number of amides is 1. The van der Waals surface area contributed by atoms with Gasteiger partial charge >= 0.3 is 0 Å². The lowest BCUT2D eigenvalue weighted by atomic mass is 10.0. The lowest BCUT2D eigenvalue weighted by Crippen LogP contribution is -2.42. The Morgan fingerprint density at radius 2 is 2.40 bits per heavy atom. The minimum atomic E-state index is -0.958. The normalized spacial score (nSPS) is 16.6. The van der Waals surface area contributed by atoms with Crippen molar-refractivity contribution >= 4 is 17.7 Å². The Morgan fingerprint density at radius 1 is 1.65 bits per heavy atom. The van der Waals surface area contributed by atoms with Crippen molar-refractivity contribution in [1.29, 1.82) is 0 Å². The molecule has 1 aliphatic rings. The van der Waals surface area contributed by atoms with Crippen LogP contribution >= 0.6 is 11.8 Å². The highest BCUT2D eigenvalue weighted by molar-refractivity contribution is 7.99. The van der Waals surface area contributed by atoms with Crippen LogP contribution in [0.4, 0.5) is 0 Å². The fourth-order valence-corrected chi connectivity index (χ4v) is 3.08. The van der Waals surface area contributed by atoms with E-state index < -0.39 is 11.5 Å². The number of hydrogen-bond acceptors (Lipinski definition) is 5. The van der Waals surface area contributed by atoms with Crippen molar-refractivity contribution in [1.82, 2.24) is 14.9 Å². The molecule has 7 heteroatoms. The number of carbonyl (C=O) groups excluding carboxylic acids is 1. The number of fused-ring (bicyclic) bond motifs is 1. The quantitative estimate of drug-likeness (QED) is 0.779. The topological polar surface area (TPSA) is 84.2 Å². The maximum atomic E-state index is 12.1. The zero-order valence-electron chi connectivity index (χ0n) is 11.7. The third-order valence-electron chi connectivity index (χ3n) is 3.22. The fourth-order valence-electron chi connectivity index (χ4n) is 2.17. The summed E-state index contributed by atoms with van der Waals surface area (Å²) in [6.45, 7) is 4.34. The molecule has 0 radical (unpaired) electrons. The number of aromatic nitrogens is 2. The third-order valence-corrected chi connectivity index (χ3v) is 4.19. The highest BCUT2D eigenvalue weighted by Crippen LogP contribution is 2.20. The van der Waals surface area contributed by atoms with Gasteiger partial charge in [-0.25, -0.2) is 4.98 Å². The fraction of sp³-hybridized carbons (Fsp3) is 0.615. The van der Waals surface area contributed by atoms with Gasteiger partial charge in [-0.05, 0) is 13.3 Å². The van der Waals surface area contributed by atoms with E-state index in [0.29, 0.717) is 18.1 Å². The summed E-state index contributed by atoms with van der Waals surface area (Å²) in [6.07, 6.45) is 2.73. The van der Waals surface area contributed by atoms with Crippen LogP contribution in [0.1, 0.15) is 37.0 Å². The van der Waals surface area contributed by atoms with E-state index in [2.05, 4.69) is 10.3 Å². The van der Waals surface area contributed by atoms with Crippen molar-refractivity contribution in [2.45, 2.75) is 44.0 Å². The molecule has 0 spiro atoms. The molecule has 0 aliphatic carbocycles. The standard InChI is InChI=1S/C13H19N3O3S/c1-3-4-13(2,19)8-15-10(17)9-7-14-12-16(11(9)18)5-6-20-12/h7,19H,3-6,8H2,1-2H3,(H,15,17). The Morgan fingerprint density at radius 3 is 3.10 bits per heavy atom. The molecule has 2 rings (SSSR count). The van der Waals surface area contributed by atoms with Gasteiger partial charge in [-0.1, -0.05) is 25.1 Å². The van der Waals surface area contributed by atoms with Crippen molar-refractivity contribution in [3.05, 3.63) is 22.1 Å². The summed E-state index contributed by atoms with van der Waals surface area (Å²) >= 11 is 1.51. The third kappa shape index (κ3) is 3.21. The van der Waals surface area contributed by atoms with Crippen LogP contribution < -0.4 is 10.9 Å². The zero-order valence-corrected chi connectivity index (χ0v) is 12.5. The van der Waals surface area contributed by atoms with Gasteiger partial charge in [-0.2, -0.15) is 0 Å². The van der Waals surface area contributed by atoms with Gasteiger partial charge in [0, 0.05) is 25.0 Å². The predicted octanol–water partition coefficient (Wildman–Crippen LogP) is 0.630. The highest BCUT2D eigenvalue weighted by atomic mass is 32.2. The molecule has 1 aromatic rings. The Bertz CT molecular complexity index is 568. The molecule has 1 amide bonds. The first-order chi connectivity index (χ1) is 9.44. The van der Waals surface area contributed by atoms with E-state index in [1.54, 1.807) is 6.92 Å². The van der Waals surface area contributed by atoms with Crippen molar-refractivity contribution in [2.24, 2.45) is 0 Å². The Hall–Kier alpha value is -1.34. The van der Waals surface area contributed by atoms with Crippen LogP contribution in [0.15, 0.2) is 16.1 Å². The van der Waals surface area contributed by atoms with Gasteiger partial charge in [0.05, 0.1) is 5.60 Å². The molecule has 0 aromatic carbocycles. The summed E-state index contributed by atoms with van der Waals surface area (Å²) in [5.41, 5.74) is -1.24. The number of hydrogen-bond donors (Lipinski definition) is 2. The number of aliphatic hydroxyl groups is 1. The van der Waals surface area contributed by atoms with E-state index in [4.69, 9.17) is 0 Å². The first-order valence-corrected chi connectivity index (χ1v) is 7.66. The van der Waals surface area contributed by atoms with Crippen molar-refractivity contribution in [3.8, 4) is 0 Å². The monoisotopic (exact) mass is 297 g/mol. The molecule has 0 fully saturated rings. The van der Waals surface area contributed by atoms with Crippen molar-refractivity contribution in [2.75, 3.05) is 12.3 Å². The van der Waals surface area contributed by atoms with E-state index in [1.807, 2.05) is 6.92 Å². The van der Waals surface area contributed by atoms with Crippen LogP contribution in [0.25, 0.3) is 0 Å². The first kappa shape index (κ1) is 15.1. The molecule has 1 atom stereocenters. The summed E-state index contributed by atoms with van der Waals surface area (Å²) in [5.74, 6) is 0.324. The minimum Gasteiger partial charge on any atom is -0.388 e. The molecule has 2 heterocycles. The summed E-state index contributed by atoms with van der Waals surface area (Å²) in [6, 6.07) is 0. The molecular weight excluding hydrogens is 278 g/mol. The Labute approximate surface area is 121 Å². The number of rotatable bonds is 5. The van der Waals surface area contributed by atoms with E-state index in [0.717, 1.165) is 12.2 Å². The lowest BCUT2D eigenvalue weighted by Gasteiger charge is -2.22. The molecule has 20 heavy (non-hydrogen) atoms. The molecule has 0 bridgehead atoms. The second-order valence-corrected chi connectivity index (χ2v) is 6.25. The largest absolute Gasteiger partial charge is 0.388 e. The number of nitrogens with one attached hydrogen (secondary N) is 1. The second kappa shape index (κ2) is 5.97. The molecule has 2 N–H and O–H groups in total. The molecule has 110 valence electrons. The number of thioether (sulfide) groups is 1. The van der Waals surface area contributed by atoms with Gasteiger partial charge in [0.2, 0.25) is 0 Å². The predicted molar refractivity (Wildman–Crippen MR) is 77.1 cm³/mol. The van der Waals surface area contributed by atoms with Gasteiger partial charge in [0.25, 0.3) is 11.5 Å². The van der Waals surface area contributed by atoms with Crippen molar-refractivity contribution in [3.63, 3.8) is 0 Å². The molecule has 1 aliphatic heterocycles. The minimum absolute atomic E-state index is 0.0311. The summed E-state index contributed by atoms with van der Waals surface area (Å²) in [5, 5.41) is 13.3. The molecule has 1 aromatic heterocycles. The highest BCUT2D eigenvalue weighted by Gasteiger charge is 2.23. The average molecular weight is 297 g/mol. The summed E-state index contributed by atoms with van der Waals surface area (Å²) in [7, 11) is 0. The van der Waals surface area contributed by atoms with Crippen molar-refractivity contribution < 1.29 is 9.90 Å². The van der Waals surface area contributed by atoms with Gasteiger partial charge < -0.3 is 10.4 Å². The van der Waals surface area contributed by atoms with E-state index in [1.165, 1.54) is 22.5 Å². The van der Waals surface area contributed by atoms with Crippen LogP contribution in [0.5, 0.6) is 0 Å². The van der Waals surface area contributed by atoms with Gasteiger partial charge in [-0.3, -0.25) is 14.2 Å². The van der Waals surface area contributed by atoms with Crippen LogP contribution in [-0.2, 0) is 6.54 Å². The van der Waals surface area contributed by atoms with Crippen LogP contribution in [0.3, 0.4) is 0 Å². The van der Waals surface area contributed by atoms with Gasteiger partial charge in [0.15, 0.2) is 5.16 Å². The van der Waals surface area contributed by atoms with E-state index in [9.17, 15) is 14.7 Å². The molecule has 1 unspecified atom stereocenters. The zero-order chi connectivity index (χ0) is 14.8. The number of nitrogens with zero attached hydrogens (tertiary/aromatic N) is 2. The van der Waals surface area contributed by atoms with E-state index >= 15 is 0 Å². The SMILES string of the molecule is CCCC(C)(O)CNC(=O)c1cnc2n(c1=O)CCS2. The maximum absolute atomic E-state index is 12.1. The lowest BCUT2D eigenvalue weighted by molar-refractivity contribution is 0.0469. The van der Waals surface area contributed by atoms with Gasteiger partial charge in [0.1, 0.15) is 5.56 Å². The molecule has 6 nitrogen and oxygen atoms in total. The van der Waals surface area contributed by atoms with Crippen LogP contribution in [0, 0.1) is 0 Å². The maximum Gasteiger partial charge on any atom is 0.267 e. The second-order valence-electron chi connectivity index (χ2n) is 5.19. The first-order valence-electron chi connectivity index (χ1n) is 6.68. The number of carbonyl (C=O) groups is 1. The van der Waals surface area contributed by atoms with E-state index in [-0.39, 0.29) is 17.7 Å². The van der Waals surface area contributed by atoms with Gasteiger partial charge in [-0.15, -0.1) is 0 Å². The Balaban J connectivity index is 2.09. The smallest absolute Gasteiger partial charge is 0.267 e. The van der Waals surface area contributed by atoms with Crippen LogP contribution in [-0.4, -0.2) is 38.5 Å². The Kier molecular flexibility index (Phi) is 4.49. The summed E-state index contributed by atoms with van der Waals surface area (Å²) < 4.78 is 1.52. The molecule has 0 saturated heterocycles. The summed E-state index contributed by atoms with van der Waals surface area (Å²) in [4.78, 5) is 28.3.